The number of ether oxygens (including phenoxy) is 2. The second kappa shape index (κ2) is 13.1. The van der Waals surface area contributed by atoms with Crippen LogP contribution in [-0.4, -0.2) is 66.5 Å². The van der Waals surface area contributed by atoms with E-state index < -0.39 is 11.9 Å². The van der Waals surface area contributed by atoms with Crippen LogP contribution < -0.4 is 4.74 Å². The Kier molecular flexibility index (Phi) is 11.1. The topological polar surface area (TPSA) is 96.3 Å². The average molecular weight is 381 g/mol. The average Bonchev–Trinajstić information content (AvgIpc) is 2.66. The van der Waals surface area contributed by atoms with Gasteiger partial charge in [-0.25, -0.2) is 9.59 Å². The molecule has 0 unspecified atom stereocenters. The first-order valence-electron chi connectivity index (χ1n) is 9.39. The van der Waals surface area contributed by atoms with E-state index in [1.165, 1.54) is 24.9 Å². The first-order chi connectivity index (χ1) is 12.9. The number of nitrogens with zero attached hydrogens (tertiary/aromatic N) is 1. The maximum atomic E-state index is 9.10. The van der Waals surface area contributed by atoms with Crippen LogP contribution in [0.25, 0.3) is 0 Å². The van der Waals surface area contributed by atoms with Crippen LogP contribution in [0.5, 0.6) is 5.75 Å². The number of benzene rings is 1. The third-order valence-corrected chi connectivity index (χ3v) is 4.22. The second-order valence-electron chi connectivity index (χ2n) is 6.70. The van der Waals surface area contributed by atoms with Crippen molar-refractivity contribution in [1.82, 2.24) is 4.90 Å². The molecule has 0 atom stereocenters. The number of carbonyl (C=O) groups is 2. The van der Waals surface area contributed by atoms with Crippen LogP contribution >= 0.6 is 0 Å². The fraction of sp³-hybridized carbons (Fsp3) is 0.600. The summed E-state index contributed by atoms with van der Waals surface area (Å²) in [7, 11) is 0. The zero-order chi connectivity index (χ0) is 20.1. The van der Waals surface area contributed by atoms with Gasteiger partial charge >= 0.3 is 11.9 Å². The number of hydrogen-bond donors (Lipinski definition) is 2. The lowest BCUT2D eigenvalue weighted by atomic mass is 10.0. The van der Waals surface area contributed by atoms with Gasteiger partial charge in [0.1, 0.15) is 5.75 Å². The standard InChI is InChI=1S/C18H29NO2.C2H2O4/c1-16(2)17-6-8-18(9-7-17)21-13-5-3-4-10-19-11-14-20-15-12-19;3-1(4)2(5)6/h6-9,16H,3-5,10-15H2,1-2H3;(H,3,4)(H,5,6). The van der Waals surface area contributed by atoms with Gasteiger partial charge in [0.25, 0.3) is 0 Å². The highest BCUT2D eigenvalue weighted by atomic mass is 16.5. The smallest absolute Gasteiger partial charge is 0.414 e. The monoisotopic (exact) mass is 381 g/mol. The number of carboxylic acids is 2. The minimum atomic E-state index is -1.82. The van der Waals surface area contributed by atoms with E-state index in [9.17, 15) is 0 Å². The number of unbranched alkanes of at least 4 members (excludes halogenated alkanes) is 2. The van der Waals surface area contributed by atoms with Gasteiger partial charge in [0.2, 0.25) is 0 Å². The summed E-state index contributed by atoms with van der Waals surface area (Å²) in [5.74, 6) is -2.07. The summed E-state index contributed by atoms with van der Waals surface area (Å²) >= 11 is 0. The zero-order valence-corrected chi connectivity index (χ0v) is 16.2. The van der Waals surface area contributed by atoms with E-state index in [-0.39, 0.29) is 0 Å². The molecule has 1 aliphatic heterocycles. The lowest BCUT2D eigenvalue weighted by Gasteiger charge is -2.26. The summed E-state index contributed by atoms with van der Waals surface area (Å²) in [6, 6.07) is 8.50. The SMILES string of the molecule is CC(C)c1ccc(OCCCCCN2CCOCC2)cc1.O=C(O)C(=O)O. The minimum absolute atomic E-state index is 0.583. The molecule has 0 spiro atoms. The molecule has 1 fully saturated rings. The van der Waals surface area contributed by atoms with Gasteiger partial charge in [-0.3, -0.25) is 4.90 Å². The summed E-state index contributed by atoms with van der Waals surface area (Å²) < 4.78 is 11.2. The summed E-state index contributed by atoms with van der Waals surface area (Å²) in [4.78, 5) is 20.7. The second-order valence-corrected chi connectivity index (χ2v) is 6.70. The Balaban J connectivity index is 0.000000527. The molecule has 1 heterocycles. The van der Waals surface area contributed by atoms with Gasteiger partial charge in [-0.1, -0.05) is 26.0 Å². The van der Waals surface area contributed by atoms with Crippen molar-refractivity contribution in [1.29, 1.82) is 0 Å². The molecule has 0 saturated carbocycles. The van der Waals surface area contributed by atoms with E-state index in [1.54, 1.807) is 0 Å². The summed E-state index contributed by atoms with van der Waals surface area (Å²) in [6.45, 7) is 10.4. The van der Waals surface area contributed by atoms with Gasteiger partial charge in [0.05, 0.1) is 19.8 Å². The molecule has 2 rings (SSSR count). The predicted molar refractivity (Wildman–Crippen MR) is 102 cm³/mol. The summed E-state index contributed by atoms with van der Waals surface area (Å²) in [5, 5.41) is 14.8. The quantitative estimate of drug-likeness (QED) is 0.528. The van der Waals surface area contributed by atoms with E-state index >= 15 is 0 Å². The molecule has 0 bridgehead atoms. The van der Waals surface area contributed by atoms with Crippen molar-refractivity contribution in [2.45, 2.75) is 39.0 Å². The minimum Gasteiger partial charge on any atom is -0.494 e. The van der Waals surface area contributed by atoms with E-state index in [2.05, 4.69) is 43.0 Å². The van der Waals surface area contributed by atoms with Gasteiger partial charge in [-0.05, 0) is 49.4 Å². The number of carboxylic acid groups (broad SMARTS) is 2. The first-order valence-corrected chi connectivity index (χ1v) is 9.39. The number of aliphatic carboxylic acids is 2. The van der Waals surface area contributed by atoms with Crippen LogP contribution in [0, 0.1) is 0 Å². The third-order valence-electron chi connectivity index (χ3n) is 4.22. The molecule has 0 amide bonds. The van der Waals surface area contributed by atoms with Crippen molar-refractivity contribution in [3.63, 3.8) is 0 Å². The maximum absolute atomic E-state index is 9.10. The summed E-state index contributed by atoms with van der Waals surface area (Å²) in [5.41, 5.74) is 1.37. The fourth-order valence-corrected chi connectivity index (χ4v) is 2.58. The Labute approximate surface area is 160 Å². The molecular formula is C20H31NO6. The molecule has 0 radical (unpaired) electrons. The van der Waals surface area contributed by atoms with Gasteiger partial charge in [-0.15, -0.1) is 0 Å². The zero-order valence-electron chi connectivity index (χ0n) is 16.2. The number of rotatable bonds is 8. The highest BCUT2D eigenvalue weighted by molar-refractivity contribution is 6.27. The summed E-state index contributed by atoms with van der Waals surface area (Å²) in [6.07, 6.45) is 3.63. The van der Waals surface area contributed by atoms with Crippen LogP contribution in [-0.2, 0) is 14.3 Å². The van der Waals surface area contributed by atoms with Crippen molar-refractivity contribution >= 4 is 11.9 Å². The molecule has 0 aromatic heterocycles. The van der Waals surface area contributed by atoms with Crippen molar-refractivity contribution < 1.29 is 29.3 Å². The number of hydrogen-bond acceptors (Lipinski definition) is 5. The molecule has 152 valence electrons. The van der Waals surface area contributed by atoms with Gasteiger partial charge in [0, 0.05) is 13.1 Å². The van der Waals surface area contributed by atoms with Crippen LogP contribution in [0.15, 0.2) is 24.3 Å². The van der Waals surface area contributed by atoms with Crippen molar-refractivity contribution in [2.24, 2.45) is 0 Å². The molecule has 1 aromatic carbocycles. The Hall–Kier alpha value is -2.12. The van der Waals surface area contributed by atoms with Crippen LogP contribution in [0.1, 0.15) is 44.6 Å². The van der Waals surface area contributed by atoms with Crippen molar-refractivity contribution in [2.75, 3.05) is 39.5 Å². The Bertz CT molecular complexity index is 540. The van der Waals surface area contributed by atoms with Crippen molar-refractivity contribution in [3.05, 3.63) is 29.8 Å². The lowest BCUT2D eigenvalue weighted by molar-refractivity contribution is -0.159. The van der Waals surface area contributed by atoms with E-state index in [1.807, 2.05) is 0 Å². The van der Waals surface area contributed by atoms with E-state index in [0.717, 1.165) is 45.1 Å². The third kappa shape index (κ3) is 10.6. The molecule has 0 aliphatic carbocycles. The Morgan fingerprint density at radius 3 is 2.15 bits per heavy atom. The van der Waals surface area contributed by atoms with Gasteiger partial charge in [-0.2, -0.15) is 0 Å². The Morgan fingerprint density at radius 2 is 1.63 bits per heavy atom. The molecule has 1 saturated heterocycles. The molecule has 2 N–H and O–H groups in total. The molecule has 7 heteroatoms. The van der Waals surface area contributed by atoms with Crippen LogP contribution in [0.2, 0.25) is 0 Å². The lowest BCUT2D eigenvalue weighted by Crippen LogP contribution is -2.36. The molecule has 7 nitrogen and oxygen atoms in total. The van der Waals surface area contributed by atoms with E-state index in [0.29, 0.717) is 5.92 Å². The van der Waals surface area contributed by atoms with Gasteiger partial charge < -0.3 is 19.7 Å². The van der Waals surface area contributed by atoms with Crippen LogP contribution in [0.3, 0.4) is 0 Å². The largest absolute Gasteiger partial charge is 0.494 e. The van der Waals surface area contributed by atoms with Crippen molar-refractivity contribution in [3.8, 4) is 5.75 Å². The fourth-order valence-electron chi connectivity index (χ4n) is 2.58. The van der Waals surface area contributed by atoms with Gasteiger partial charge in [0.15, 0.2) is 0 Å². The molecule has 1 aliphatic rings. The maximum Gasteiger partial charge on any atom is 0.414 e. The predicted octanol–water partition coefficient (Wildman–Crippen LogP) is 2.85. The molecule has 1 aromatic rings. The molecule has 27 heavy (non-hydrogen) atoms. The Morgan fingerprint density at radius 1 is 1.04 bits per heavy atom. The highest BCUT2D eigenvalue weighted by Gasteiger charge is 2.09. The number of morpholine rings is 1. The van der Waals surface area contributed by atoms with Crippen LogP contribution in [0.4, 0.5) is 0 Å². The normalized spacial score (nSPS) is 14.3. The van der Waals surface area contributed by atoms with E-state index in [4.69, 9.17) is 29.3 Å². The highest BCUT2D eigenvalue weighted by Crippen LogP contribution is 2.18. The first kappa shape index (κ1) is 22.9. The molecular weight excluding hydrogens is 350 g/mol.